The Kier molecular flexibility index (Phi) is 5.38. The predicted molar refractivity (Wildman–Crippen MR) is 139 cm³/mol. The second-order valence-corrected chi connectivity index (χ2v) is 9.64. The van der Waals surface area contributed by atoms with Gasteiger partial charge in [0.25, 0.3) is 5.56 Å². The molecule has 2 heterocycles. The summed E-state index contributed by atoms with van der Waals surface area (Å²) >= 11 is 1.42. The second kappa shape index (κ2) is 8.71. The van der Waals surface area contributed by atoms with Gasteiger partial charge in [-0.1, -0.05) is 65.9 Å². The average Bonchev–Trinajstić information content (AvgIpc) is 3.22. The van der Waals surface area contributed by atoms with Crippen molar-refractivity contribution in [2.45, 2.75) is 18.9 Å². The van der Waals surface area contributed by atoms with Gasteiger partial charge in [0.1, 0.15) is 11.5 Å². The molecule has 5 nitrogen and oxygen atoms in total. The molecule has 35 heavy (non-hydrogen) atoms. The van der Waals surface area contributed by atoms with Crippen LogP contribution >= 0.6 is 11.3 Å². The Balaban J connectivity index is 1.63. The van der Waals surface area contributed by atoms with E-state index in [-0.39, 0.29) is 11.6 Å². The van der Waals surface area contributed by atoms with Gasteiger partial charge in [-0.3, -0.25) is 9.36 Å². The monoisotopic (exact) mass is 480 g/mol. The van der Waals surface area contributed by atoms with Gasteiger partial charge in [-0.2, -0.15) is 0 Å². The molecular formula is C29H24N2O3S. The molecule has 1 aliphatic heterocycles. The number of methoxy groups -OCH3 is 2. The van der Waals surface area contributed by atoms with E-state index < -0.39 is 0 Å². The first kappa shape index (κ1) is 21.6. The van der Waals surface area contributed by atoms with Gasteiger partial charge in [0.05, 0.1) is 30.5 Å². The molecule has 1 atom stereocenters. The van der Waals surface area contributed by atoms with Crippen LogP contribution in [-0.4, -0.2) is 18.8 Å². The molecule has 2 aliphatic rings. The van der Waals surface area contributed by atoms with Crippen LogP contribution in [0.15, 0.2) is 88.2 Å². The number of aryl methyl sites for hydroxylation is 1. The van der Waals surface area contributed by atoms with Crippen LogP contribution in [-0.2, 0) is 6.42 Å². The summed E-state index contributed by atoms with van der Waals surface area (Å²) in [6.45, 7) is 0. The quantitative estimate of drug-likeness (QED) is 0.437. The fourth-order valence-corrected chi connectivity index (χ4v) is 6.05. The van der Waals surface area contributed by atoms with Crippen molar-refractivity contribution in [2.75, 3.05) is 14.2 Å². The number of aromatic nitrogens is 1. The van der Waals surface area contributed by atoms with Crippen molar-refractivity contribution in [2.24, 2.45) is 4.99 Å². The molecule has 0 bridgehead atoms. The molecular weight excluding hydrogens is 456 g/mol. The molecule has 174 valence electrons. The van der Waals surface area contributed by atoms with Crippen molar-refractivity contribution in [1.29, 1.82) is 0 Å². The predicted octanol–water partition coefficient (Wildman–Crippen LogP) is 4.34. The summed E-state index contributed by atoms with van der Waals surface area (Å²) in [5, 5.41) is 0. The van der Waals surface area contributed by atoms with Crippen LogP contribution < -0.4 is 24.4 Å². The Bertz CT molecular complexity index is 1660. The van der Waals surface area contributed by atoms with Gasteiger partial charge in [0.2, 0.25) is 0 Å². The largest absolute Gasteiger partial charge is 0.497 e. The van der Waals surface area contributed by atoms with E-state index >= 15 is 0 Å². The van der Waals surface area contributed by atoms with Gasteiger partial charge in [0.15, 0.2) is 4.80 Å². The molecule has 6 rings (SSSR count). The maximum Gasteiger partial charge on any atom is 0.271 e. The minimum Gasteiger partial charge on any atom is -0.497 e. The van der Waals surface area contributed by atoms with E-state index in [1.807, 2.05) is 53.1 Å². The first-order valence-corrected chi connectivity index (χ1v) is 12.4. The Morgan fingerprint density at radius 2 is 1.80 bits per heavy atom. The van der Waals surface area contributed by atoms with Gasteiger partial charge in [0, 0.05) is 11.1 Å². The third-order valence-electron chi connectivity index (χ3n) is 6.71. The highest BCUT2D eigenvalue weighted by Gasteiger charge is 2.32. The standard InChI is InChI=1S/C29H24N2O3S/c1-33-21-11-7-10-20(16-21)27-23-15-14-18-8-3-5-12-22(18)26(23)30-29-31(27)28(32)25(35-29)17-19-9-4-6-13-24(19)34-2/h3-13,16-17,27H,14-15H2,1-2H3/b25-17-/t27-/m1/s1. The normalized spacial score (nSPS) is 16.7. The van der Waals surface area contributed by atoms with Gasteiger partial charge in [-0.05, 0) is 53.8 Å². The Morgan fingerprint density at radius 1 is 0.971 bits per heavy atom. The van der Waals surface area contributed by atoms with Crippen molar-refractivity contribution in [1.82, 2.24) is 4.57 Å². The number of rotatable bonds is 4. The van der Waals surface area contributed by atoms with Crippen LogP contribution in [0.1, 0.15) is 34.7 Å². The number of hydrogen-bond acceptors (Lipinski definition) is 5. The number of nitrogens with zero attached hydrogens (tertiary/aromatic N) is 2. The summed E-state index contributed by atoms with van der Waals surface area (Å²) in [6, 6.07) is 23.9. The molecule has 0 N–H and O–H groups in total. The number of benzene rings is 3. The SMILES string of the molecule is COc1cccc([C@@H]2C3=C(N=c4s/c(=C\c5ccccc5OC)c(=O)n42)c2ccccc2CC3)c1. The Hall–Kier alpha value is -3.90. The maximum absolute atomic E-state index is 13.9. The zero-order chi connectivity index (χ0) is 23.9. The highest BCUT2D eigenvalue weighted by Crippen LogP contribution is 2.41. The third-order valence-corrected chi connectivity index (χ3v) is 7.69. The van der Waals surface area contributed by atoms with Crippen LogP contribution in [0.5, 0.6) is 11.5 Å². The van der Waals surface area contributed by atoms with Gasteiger partial charge in [-0.15, -0.1) is 0 Å². The fraction of sp³-hybridized carbons (Fsp3) is 0.172. The minimum atomic E-state index is -0.232. The summed E-state index contributed by atoms with van der Waals surface area (Å²) in [5.74, 6) is 1.50. The van der Waals surface area contributed by atoms with Crippen molar-refractivity contribution in [3.63, 3.8) is 0 Å². The summed E-state index contributed by atoms with van der Waals surface area (Å²) in [5.41, 5.74) is 6.47. The number of allylic oxidation sites excluding steroid dienone is 1. The summed E-state index contributed by atoms with van der Waals surface area (Å²) in [6.07, 6.45) is 3.69. The second-order valence-electron chi connectivity index (χ2n) is 8.63. The summed E-state index contributed by atoms with van der Waals surface area (Å²) < 4.78 is 13.5. The Labute approximate surface area is 206 Å². The first-order chi connectivity index (χ1) is 17.2. The molecule has 0 saturated heterocycles. The molecule has 0 amide bonds. The number of para-hydroxylation sites is 1. The van der Waals surface area contributed by atoms with E-state index in [9.17, 15) is 4.79 Å². The lowest BCUT2D eigenvalue weighted by atomic mass is 9.83. The molecule has 3 aromatic carbocycles. The fourth-order valence-electron chi connectivity index (χ4n) is 5.06. The number of fused-ring (bicyclic) bond motifs is 3. The van der Waals surface area contributed by atoms with E-state index in [1.54, 1.807) is 14.2 Å². The molecule has 0 unspecified atom stereocenters. The summed E-state index contributed by atoms with van der Waals surface area (Å²) in [4.78, 5) is 19.6. The van der Waals surface area contributed by atoms with Crippen LogP contribution in [0.25, 0.3) is 11.8 Å². The van der Waals surface area contributed by atoms with E-state index in [2.05, 4.69) is 30.3 Å². The lowest BCUT2D eigenvalue weighted by Gasteiger charge is -2.31. The highest BCUT2D eigenvalue weighted by molar-refractivity contribution is 7.07. The van der Waals surface area contributed by atoms with Crippen molar-refractivity contribution in [3.8, 4) is 11.5 Å². The van der Waals surface area contributed by atoms with Gasteiger partial charge < -0.3 is 9.47 Å². The van der Waals surface area contributed by atoms with Crippen LogP contribution in [0.3, 0.4) is 0 Å². The van der Waals surface area contributed by atoms with Crippen LogP contribution in [0, 0.1) is 0 Å². The number of thiazole rings is 1. The van der Waals surface area contributed by atoms with Gasteiger partial charge in [-0.25, -0.2) is 4.99 Å². The third kappa shape index (κ3) is 3.61. The zero-order valence-corrected chi connectivity index (χ0v) is 20.3. The molecule has 0 saturated carbocycles. The van der Waals surface area contributed by atoms with E-state index in [0.29, 0.717) is 9.33 Å². The average molecular weight is 481 g/mol. The smallest absolute Gasteiger partial charge is 0.271 e. The molecule has 0 radical (unpaired) electrons. The minimum absolute atomic E-state index is 0.0436. The maximum atomic E-state index is 13.9. The lowest BCUT2D eigenvalue weighted by Crippen LogP contribution is -2.38. The van der Waals surface area contributed by atoms with E-state index in [0.717, 1.165) is 46.7 Å². The summed E-state index contributed by atoms with van der Waals surface area (Å²) in [7, 11) is 3.31. The zero-order valence-electron chi connectivity index (χ0n) is 19.5. The van der Waals surface area contributed by atoms with E-state index in [4.69, 9.17) is 14.5 Å². The van der Waals surface area contributed by atoms with E-state index in [1.165, 1.54) is 22.5 Å². The Morgan fingerprint density at radius 3 is 2.66 bits per heavy atom. The molecule has 6 heteroatoms. The highest BCUT2D eigenvalue weighted by atomic mass is 32.1. The number of ether oxygens (including phenoxy) is 2. The molecule has 4 aromatic rings. The van der Waals surface area contributed by atoms with Gasteiger partial charge >= 0.3 is 0 Å². The van der Waals surface area contributed by atoms with Crippen LogP contribution in [0.2, 0.25) is 0 Å². The first-order valence-electron chi connectivity index (χ1n) is 11.6. The van der Waals surface area contributed by atoms with Crippen molar-refractivity contribution in [3.05, 3.63) is 120 Å². The number of hydrogen-bond donors (Lipinski definition) is 0. The lowest BCUT2D eigenvalue weighted by molar-refractivity contribution is 0.413. The topological polar surface area (TPSA) is 52.8 Å². The van der Waals surface area contributed by atoms with Crippen LogP contribution in [0.4, 0.5) is 0 Å². The molecule has 1 aromatic heterocycles. The molecule has 0 spiro atoms. The molecule has 0 fully saturated rings. The molecule has 1 aliphatic carbocycles. The van der Waals surface area contributed by atoms with Crippen molar-refractivity contribution < 1.29 is 9.47 Å². The van der Waals surface area contributed by atoms with Crippen molar-refractivity contribution >= 4 is 23.1 Å².